The van der Waals surface area contributed by atoms with Crippen molar-refractivity contribution in [1.82, 2.24) is 4.57 Å². The molecule has 0 aliphatic heterocycles. The van der Waals surface area contributed by atoms with Gasteiger partial charge >= 0.3 is 0 Å². The number of hydrogen-bond acceptors (Lipinski definition) is 1. The molecule has 0 spiro atoms. The second-order valence-electron chi connectivity index (χ2n) is 3.23. The van der Waals surface area contributed by atoms with Gasteiger partial charge in [-0.2, -0.15) is 0 Å². The van der Waals surface area contributed by atoms with Crippen molar-refractivity contribution in [2.75, 3.05) is 0 Å². The van der Waals surface area contributed by atoms with E-state index in [0.29, 0.717) is 5.88 Å². The highest BCUT2D eigenvalue weighted by atomic mass is 16.3. The van der Waals surface area contributed by atoms with E-state index < -0.39 is 0 Å². The molecule has 1 heterocycles. The van der Waals surface area contributed by atoms with Crippen molar-refractivity contribution in [1.29, 1.82) is 0 Å². The van der Waals surface area contributed by atoms with Crippen LogP contribution in [0.3, 0.4) is 0 Å². The first-order valence-corrected chi connectivity index (χ1v) is 4.59. The minimum atomic E-state index is 0.387. The molecule has 0 bridgehead atoms. The number of aromatic hydroxyl groups is 1. The van der Waals surface area contributed by atoms with Gasteiger partial charge in [-0.05, 0) is 12.5 Å². The van der Waals surface area contributed by atoms with Crippen molar-refractivity contribution >= 4 is 10.8 Å². The molecule has 0 fully saturated rings. The Balaban J connectivity index is 2.60. The summed E-state index contributed by atoms with van der Waals surface area (Å²) >= 11 is 0. The van der Waals surface area contributed by atoms with Gasteiger partial charge < -0.3 is 9.67 Å². The summed E-state index contributed by atoms with van der Waals surface area (Å²) in [6, 6.07) is 7.88. The van der Waals surface area contributed by atoms with Crippen molar-refractivity contribution in [2.45, 2.75) is 19.9 Å². The maximum Gasteiger partial charge on any atom is 0.199 e. The van der Waals surface area contributed by atoms with Crippen molar-refractivity contribution < 1.29 is 5.11 Å². The van der Waals surface area contributed by atoms with E-state index in [4.69, 9.17) is 0 Å². The predicted molar refractivity (Wildman–Crippen MR) is 53.9 cm³/mol. The molecule has 2 rings (SSSR count). The Morgan fingerprint density at radius 2 is 2.08 bits per heavy atom. The Bertz CT molecular complexity index is 417. The summed E-state index contributed by atoms with van der Waals surface area (Å²) in [5.74, 6) is 0.387. The molecular weight excluding hydrogens is 162 g/mol. The highest BCUT2D eigenvalue weighted by molar-refractivity contribution is 5.87. The van der Waals surface area contributed by atoms with E-state index in [-0.39, 0.29) is 0 Å². The zero-order valence-corrected chi connectivity index (χ0v) is 7.70. The second kappa shape index (κ2) is 3.13. The largest absolute Gasteiger partial charge is 0.494 e. The summed E-state index contributed by atoms with van der Waals surface area (Å²) in [6.45, 7) is 2.98. The molecule has 0 unspecified atom stereocenters. The van der Waals surface area contributed by atoms with Gasteiger partial charge in [0.2, 0.25) is 0 Å². The fraction of sp³-hybridized carbons (Fsp3) is 0.273. The van der Waals surface area contributed by atoms with Crippen LogP contribution in [0.1, 0.15) is 13.3 Å². The van der Waals surface area contributed by atoms with Crippen LogP contribution in [0.15, 0.2) is 30.5 Å². The van der Waals surface area contributed by atoms with Crippen LogP contribution < -0.4 is 0 Å². The molecule has 0 radical (unpaired) electrons. The molecule has 0 aliphatic rings. The quantitative estimate of drug-likeness (QED) is 0.746. The summed E-state index contributed by atoms with van der Waals surface area (Å²) in [6.07, 6.45) is 3.03. The molecule has 2 aromatic rings. The summed E-state index contributed by atoms with van der Waals surface area (Å²) in [5, 5.41) is 11.8. The van der Waals surface area contributed by atoms with Gasteiger partial charge in [-0.15, -0.1) is 0 Å². The lowest BCUT2D eigenvalue weighted by Gasteiger charge is -2.00. The molecule has 68 valence electrons. The lowest BCUT2D eigenvalue weighted by Crippen LogP contribution is -1.92. The van der Waals surface area contributed by atoms with Crippen molar-refractivity contribution in [2.24, 2.45) is 0 Å². The Morgan fingerprint density at radius 1 is 1.31 bits per heavy atom. The highest BCUT2D eigenvalue weighted by Gasteiger charge is 2.05. The lowest BCUT2D eigenvalue weighted by atomic mass is 10.2. The molecule has 2 nitrogen and oxygen atoms in total. The van der Waals surface area contributed by atoms with Crippen LogP contribution >= 0.6 is 0 Å². The van der Waals surface area contributed by atoms with Crippen LogP contribution in [0, 0.1) is 0 Å². The number of aromatic nitrogens is 1. The molecule has 13 heavy (non-hydrogen) atoms. The van der Waals surface area contributed by atoms with E-state index in [1.165, 1.54) is 0 Å². The predicted octanol–water partition coefficient (Wildman–Crippen LogP) is 2.76. The average molecular weight is 175 g/mol. The fourth-order valence-electron chi connectivity index (χ4n) is 1.61. The van der Waals surface area contributed by atoms with E-state index in [2.05, 4.69) is 6.92 Å². The lowest BCUT2D eigenvalue weighted by molar-refractivity contribution is 0.421. The Labute approximate surface area is 77.4 Å². The van der Waals surface area contributed by atoms with Gasteiger partial charge in [0.25, 0.3) is 0 Å². The average Bonchev–Trinajstić information content (AvgIpc) is 2.46. The minimum absolute atomic E-state index is 0.387. The molecule has 0 amide bonds. The maximum atomic E-state index is 9.78. The molecule has 2 heteroatoms. The first-order valence-electron chi connectivity index (χ1n) is 4.59. The van der Waals surface area contributed by atoms with E-state index in [1.54, 1.807) is 0 Å². The van der Waals surface area contributed by atoms with Crippen molar-refractivity contribution in [3.05, 3.63) is 30.5 Å². The SMILES string of the molecule is CCCn1cc2ccccc2c1O. The van der Waals surface area contributed by atoms with Crippen molar-refractivity contribution in [3.63, 3.8) is 0 Å². The van der Waals surface area contributed by atoms with Crippen molar-refractivity contribution in [3.8, 4) is 5.88 Å². The van der Waals surface area contributed by atoms with Gasteiger partial charge in [-0.1, -0.05) is 25.1 Å². The Morgan fingerprint density at radius 3 is 2.77 bits per heavy atom. The fourth-order valence-corrected chi connectivity index (χ4v) is 1.61. The van der Waals surface area contributed by atoms with Gasteiger partial charge in [0, 0.05) is 23.5 Å². The molecule has 0 atom stereocenters. The number of aryl methyl sites for hydroxylation is 1. The number of hydrogen-bond donors (Lipinski definition) is 1. The van der Waals surface area contributed by atoms with Gasteiger partial charge in [0.1, 0.15) is 0 Å². The third-order valence-electron chi connectivity index (χ3n) is 2.23. The number of rotatable bonds is 2. The Hall–Kier alpha value is -1.44. The molecular formula is C11H13NO. The van der Waals surface area contributed by atoms with Crippen LogP contribution in [-0.2, 0) is 6.54 Å². The number of benzene rings is 1. The highest BCUT2D eigenvalue weighted by Crippen LogP contribution is 2.26. The number of fused-ring (bicyclic) bond motifs is 1. The van der Waals surface area contributed by atoms with E-state index in [1.807, 2.05) is 35.0 Å². The van der Waals surface area contributed by atoms with Crippen LogP contribution in [0.4, 0.5) is 0 Å². The summed E-state index contributed by atoms with van der Waals surface area (Å²) in [5.41, 5.74) is 0. The molecule has 1 aromatic heterocycles. The molecule has 0 aliphatic carbocycles. The van der Waals surface area contributed by atoms with Crippen LogP contribution in [0.2, 0.25) is 0 Å². The minimum Gasteiger partial charge on any atom is -0.494 e. The monoisotopic (exact) mass is 175 g/mol. The van der Waals surface area contributed by atoms with Crippen LogP contribution in [-0.4, -0.2) is 9.67 Å². The van der Waals surface area contributed by atoms with Gasteiger partial charge in [0.15, 0.2) is 5.88 Å². The van der Waals surface area contributed by atoms with E-state index >= 15 is 0 Å². The van der Waals surface area contributed by atoms with Gasteiger partial charge in [-0.3, -0.25) is 0 Å². The summed E-state index contributed by atoms with van der Waals surface area (Å²) < 4.78 is 1.89. The Kier molecular flexibility index (Phi) is 1.97. The zero-order chi connectivity index (χ0) is 9.26. The van der Waals surface area contributed by atoms with Gasteiger partial charge in [0.05, 0.1) is 0 Å². The number of nitrogens with zero attached hydrogens (tertiary/aromatic N) is 1. The topological polar surface area (TPSA) is 25.2 Å². The standard InChI is InChI=1S/C11H13NO/c1-2-7-12-8-9-5-3-4-6-10(9)11(12)13/h3-6,8,13H,2,7H2,1H3. The molecule has 0 saturated carbocycles. The van der Waals surface area contributed by atoms with E-state index in [9.17, 15) is 5.11 Å². The second-order valence-corrected chi connectivity index (χ2v) is 3.23. The first-order chi connectivity index (χ1) is 6.33. The maximum absolute atomic E-state index is 9.78. The molecule has 1 aromatic carbocycles. The van der Waals surface area contributed by atoms with Crippen LogP contribution in [0.25, 0.3) is 10.8 Å². The first kappa shape index (κ1) is 8.17. The summed E-state index contributed by atoms with van der Waals surface area (Å²) in [7, 11) is 0. The smallest absolute Gasteiger partial charge is 0.199 e. The van der Waals surface area contributed by atoms with Gasteiger partial charge in [-0.25, -0.2) is 0 Å². The normalized spacial score (nSPS) is 10.8. The zero-order valence-electron chi connectivity index (χ0n) is 7.70. The molecule has 1 N–H and O–H groups in total. The van der Waals surface area contributed by atoms with Crippen LogP contribution in [0.5, 0.6) is 5.88 Å². The third kappa shape index (κ3) is 1.28. The molecule has 0 saturated heterocycles. The van der Waals surface area contributed by atoms with E-state index in [0.717, 1.165) is 23.7 Å². The third-order valence-corrected chi connectivity index (χ3v) is 2.23. The summed E-state index contributed by atoms with van der Waals surface area (Å²) in [4.78, 5) is 0.